The van der Waals surface area contributed by atoms with E-state index in [2.05, 4.69) is 46.6 Å². The maximum Gasteiger partial charge on any atom is 0.325 e. The monoisotopic (exact) mass is 383 g/mol. The number of carbonyl (C=O) groups is 1. The van der Waals surface area contributed by atoms with E-state index < -0.39 is 0 Å². The Morgan fingerprint density at radius 1 is 1.07 bits per heavy atom. The molecule has 0 unspecified atom stereocenters. The van der Waals surface area contributed by atoms with Crippen LogP contribution in [0.15, 0.2) is 42.7 Å². The van der Waals surface area contributed by atoms with Crippen LogP contribution in [0.1, 0.15) is 26.3 Å². The van der Waals surface area contributed by atoms with Crippen LogP contribution in [0.4, 0.5) is 15.6 Å². The van der Waals surface area contributed by atoms with E-state index in [0.29, 0.717) is 21.6 Å². The molecule has 2 heterocycles. The zero-order valence-electron chi connectivity index (χ0n) is 15.6. The minimum absolute atomic E-state index is 0.0682. The van der Waals surface area contributed by atoms with E-state index in [0.717, 1.165) is 5.56 Å². The first-order valence-corrected chi connectivity index (χ1v) is 9.18. The number of amides is 2. The quantitative estimate of drug-likeness (QED) is 0.690. The molecule has 0 saturated carbocycles. The lowest BCUT2D eigenvalue weighted by atomic mass is 9.87. The van der Waals surface area contributed by atoms with Gasteiger partial charge in [0.2, 0.25) is 5.13 Å². The number of nitrogens with zero attached hydrogens (tertiary/aromatic N) is 3. The largest absolute Gasteiger partial charge is 0.495 e. The van der Waals surface area contributed by atoms with Gasteiger partial charge in [-0.15, -0.1) is 10.2 Å². The molecule has 0 bridgehead atoms. The molecule has 0 aliphatic rings. The van der Waals surface area contributed by atoms with Crippen molar-refractivity contribution in [3.8, 4) is 16.3 Å². The lowest BCUT2D eigenvalue weighted by Gasteiger charge is -2.19. The van der Waals surface area contributed by atoms with Crippen LogP contribution in [-0.2, 0) is 5.41 Å². The Kier molecular flexibility index (Phi) is 5.36. The van der Waals surface area contributed by atoms with Gasteiger partial charge in [-0.1, -0.05) is 44.2 Å². The molecule has 8 heteroatoms. The number of rotatable bonds is 4. The Balaban J connectivity index is 1.64. The number of ether oxygens (including phenoxy) is 1. The second kappa shape index (κ2) is 7.71. The lowest BCUT2D eigenvalue weighted by Crippen LogP contribution is -2.19. The van der Waals surface area contributed by atoms with Gasteiger partial charge in [0.05, 0.1) is 13.3 Å². The minimum Gasteiger partial charge on any atom is -0.495 e. The van der Waals surface area contributed by atoms with Gasteiger partial charge >= 0.3 is 6.03 Å². The molecule has 1 aromatic carbocycles. The number of aromatic nitrogens is 3. The fraction of sp³-hybridized carbons (Fsp3) is 0.263. The van der Waals surface area contributed by atoms with Crippen LogP contribution in [0, 0.1) is 0 Å². The van der Waals surface area contributed by atoms with Crippen molar-refractivity contribution in [1.82, 2.24) is 15.2 Å². The fourth-order valence-corrected chi connectivity index (χ4v) is 3.07. The summed E-state index contributed by atoms with van der Waals surface area (Å²) in [6.07, 6.45) is 3.28. The summed E-state index contributed by atoms with van der Waals surface area (Å²) in [6, 6.07) is 9.23. The van der Waals surface area contributed by atoms with E-state index in [1.165, 1.54) is 16.9 Å². The summed E-state index contributed by atoms with van der Waals surface area (Å²) in [5.41, 5.74) is 2.76. The molecule has 0 aliphatic carbocycles. The zero-order valence-corrected chi connectivity index (χ0v) is 16.4. The van der Waals surface area contributed by atoms with E-state index >= 15 is 0 Å². The Morgan fingerprint density at radius 3 is 2.48 bits per heavy atom. The number of hydrogen-bond donors (Lipinski definition) is 2. The Morgan fingerprint density at radius 2 is 1.81 bits per heavy atom. The normalized spacial score (nSPS) is 11.1. The topological polar surface area (TPSA) is 89.0 Å². The summed E-state index contributed by atoms with van der Waals surface area (Å²) < 4.78 is 5.16. The maximum absolute atomic E-state index is 12.2. The number of nitrogens with one attached hydrogen (secondary N) is 2. The molecule has 2 amide bonds. The number of carbonyl (C=O) groups excluding carboxylic acids is 1. The van der Waals surface area contributed by atoms with Crippen LogP contribution >= 0.6 is 11.3 Å². The van der Waals surface area contributed by atoms with Crippen molar-refractivity contribution in [2.75, 3.05) is 17.7 Å². The third kappa shape index (κ3) is 4.79. The zero-order chi connectivity index (χ0) is 19.4. The summed E-state index contributed by atoms with van der Waals surface area (Å²) >= 11 is 1.26. The van der Waals surface area contributed by atoms with E-state index in [1.807, 2.05) is 30.3 Å². The van der Waals surface area contributed by atoms with E-state index in [1.54, 1.807) is 19.5 Å². The molecule has 3 rings (SSSR count). The standard InChI is InChI=1S/C19H21N5O2S/c1-19(2,3)13-5-7-14(8-6-13)21-17(25)22-18-24-23-16(27-18)12-9-15(26-4)11-20-10-12/h5-11H,1-4H3,(H2,21,22,24,25). The van der Waals surface area contributed by atoms with Crippen LogP contribution < -0.4 is 15.4 Å². The van der Waals surface area contributed by atoms with Crippen LogP contribution in [0.25, 0.3) is 10.6 Å². The van der Waals surface area contributed by atoms with Gasteiger partial charge in [0.1, 0.15) is 5.75 Å². The van der Waals surface area contributed by atoms with Crippen molar-refractivity contribution in [2.45, 2.75) is 26.2 Å². The van der Waals surface area contributed by atoms with Gasteiger partial charge < -0.3 is 10.1 Å². The highest BCUT2D eigenvalue weighted by atomic mass is 32.1. The van der Waals surface area contributed by atoms with Gasteiger partial charge in [-0.05, 0) is 29.2 Å². The molecule has 2 N–H and O–H groups in total. The van der Waals surface area contributed by atoms with E-state index in [-0.39, 0.29) is 11.4 Å². The van der Waals surface area contributed by atoms with Crippen LogP contribution in [0.5, 0.6) is 5.75 Å². The second-order valence-corrected chi connectivity index (χ2v) is 7.91. The highest BCUT2D eigenvalue weighted by molar-refractivity contribution is 7.18. The molecule has 27 heavy (non-hydrogen) atoms. The Hall–Kier alpha value is -3.00. The van der Waals surface area contributed by atoms with Gasteiger partial charge in [-0.2, -0.15) is 0 Å². The summed E-state index contributed by atoms with van der Waals surface area (Å²) in [4.78, 5) is 16.3. The molecular weight excluding hydrogens is 362 g/mol. The van der Waals surface area contributed by atoms with Gasteiger partial charge in [0.25, 0.3) is 0 Å². The van der Waals surface area contributed by atoms with E-state index in [4.69, 9.17) is 4.74 Å². The highest BCUT2D eigenvalue weighted by Gasteiger charge is 2.14. The number of anilines is 2. The molecule has 0 radical (unpaired) electrons. The van der Waals surface area contributed by atoms with Crippen molar-refractivity contribution in [3.05, 3.63) is 48.3 Å². The fourth-order valence-electron chi connectivity index (χ4n) is 2.35. The third-order valence-electron chi connectivity index (χ3n) is 3.85. The molecule has 0 atom stereocenters. The maximum atomic E-state index is 12.2. The summed E-state index contributed by atoms with van der Waals surface area (Å²) in [5.74, 6) is 0.633. The molecular formula is C19H21N5O2S. The van der Waals surface area contributed by atoms with Gasteiger partial charge in [-0.3, -0.25) is 10.3 Å². The average molecular weight is 383 g/mol. The molecule has 140 valence electrons. The first-order valence-electron chi connectivity index (χ1n) is 8.36. The highest BCUT2D eigenvalue weighted by Crippen LogP contribution is 2.28. The molecule has 0 saturated heterocycles. The second-order valence-electron chi connectivity index (χ2n) is 6.93. The number of methoxy groups -OCH3 is 1. The molecule has 0 aliphatic heterocycles. The van der Waals surface area contributed by atoms with Gasteiger partial charge in [0, 0.05) is 17.4 Å². The molecule has 3 aromatic rings. The first-order chi connectivity index (χ1) is 12.8. The number of urea groups is 1. The molecule has 7 nitrogen and oxygen atoms in total. The van der Waals surface area contributed by atoms with Crippen molar-refractivity contribution < 1.29 is 9.53 Å². The number of benzene rings is 1. The van der Waals surface area contributed by atoms with Crippen molar-refractivity contribution >= 4 is 28.2 Å². The van der Waals surface area contributed by atoms with Gasteiger partial charge in [0.15, 0.2) is 5.01 Å². The SMILES string of the molecule is COc1cncc(-c2nnc(NC(=O)Nc3ccc(C(C)(C)C)cc3)s2)c1. The number of pyridine rings is 1. The molecule has 0 spiro atoms. The Bertz CT molecular complexity index is 932. The summed E-state index contributed by atoms with van der Waals surface area (Å²) in [7, 11) is 1.58. The number of hydrogen-bond acceptors (Lipinski definition) is 6. The first kappa shape index (κ1) is 18.8. The minimum atomic E-state index is -0.370. The predicted octanol–water partition coefficient (Wildman–Crippen LogP) is 4.55. The smallest absolute Gasteiger partial charge is 0.325 e. The third-order valence-corrected chi connectivity index (χ3v) is 4.74. The van der Waals surface area contributed by atoms with Crippen molar-refractivity contribution in [2.24, 2.45) is 0 Å². The summed E-state index contributed by atoms with van der Waals surface area (Å²) in [6.45, 7) is 6.44. The average Bonchev–Trinajstić information content (AvgIpc) is 3.10. The summed E-state index contributed by atoms with van der Waals surface area (Å²) in [5, 5.41) is 14.6. The van der Waals surface area contributed by atoms with Crippen LogP contribution in [0.2, 0.25) is 0 Å². The molecule has 0 fully saturated rings. The van der Waals surface area contributed by atoms with Gasteiger partial charge in [-0.25, -0.2) is 4.79 Å². The molecule has 2 aromatic heterocycles. The van der Waals surface area contributed by atoms with Crippen LogP contribution in [0.3, 0.4) is 0 Å². The van der Waals surface area contributed by atoms with Crippen molar-refractivity contribution in [1.29, 1.82) is 0 Å². The lowest BCUT2D eigenvalue weighted by molar-refractivity contribution is 0.262. The van der Waals surface area contributed by atoms with Crippen molar-refractivity contribution in [3.63, 3.8) is 0 Å². The van der Waals surface area contributed by atoms with E-state index in [9.17, 15) is 4.79 Å². The van der Waals surface area contributed by atoms with Crippen LogP contribution in [-0.4, -0.2) is 28.3 Å². The predicted molar refractivity (Wildman–Crippen MR) is 107 cm³/mol. The Labute approximate surface area is 161 Å².